The van der Waals surface area contributed by atoms with E-state index < -0.39 is 23.8 Å². The van der Waals surface area contributed by atoms with Crippen molar-refractivity contribution >= 4 is 23.5 Å². The van der Waals surface area contributed by atoms with Crippen molar-refractivity contribution in [2.45, 2.75) is 18.9 Å². The molecule has 2 aromatic carbocycles. The number of amides is 2. The molecule has 2 aromatic rings. The summed E-state index contributed by atoms with van der Waals surface area (Å²) in [4.78, 5) is 44.5. The zero-order valence-electron chi connectivity index (χ0n) is 14.3. The molecule has 0 aliphatic carbocycles. The topological polar surface area (TPSA) is 90.7 Å². The number of hydrogen-bond donors (Lipinski definition) is 0. The van der Waals surface area contributed by atoms with Crippen molar-refractivity contribution in [3.63, 3.8) is 0 Å². The van der Waals surface area contributed by atoms with Crippen LogP contribution in [-0.2, 0) is 9.63 Å². The largest absolute Gasteiger partial charge is 0.358 e. The maximum Gasteiger partial charge on any atom is 0.355 e. The molecule has 1 saturated heterocycles. The Morgan fingerprint density at radius 2 is 1.67 bits per heavy atom. The van der Waals surface area contributed by atoms with E-state index in [4.69, 9.17) is 10.1 Å². The molecule has 7 nitrogen and oxygen atoms in total. The molecule has 0 N–H and O–H groups in total. The normalized spacial score (nSPS) is 18.4. The highest BCUT2D eigenvalue weighted by atomic mass is 16.7. The van der Waals surface area contributed by atoms with Gasteiger partial charge in [-0.05, 0) is 49.2 Å². The lowest BCUT2D eigenvalue weighted by atomic mass is 10.1. The third-order valence-electron chi connectivity index (χ3n) is 4.79. The van der Waals surface area contributed by atoms with Crippen LogP contribution in [0.3, 0.4) is 0 Å². The zero-order valence-corrected chi connectivity index (χ0v) is 14.3. The Balaban J connectivity index is 1.52. The number of imide groups is 1. The van der Waals surface area contributed by atoms with Gasteiger partial charge in [-0.3, -0.25) is 9.59 Å². The molecule has 0 aromatic heterocycles. The highest BCUT2D eigenvalue weighted by Gasteiger charge is 2.41. The van der Waals surface area contributed by atoms with Crippen molar-refractivity contribution in [3.05, 3.63) is 65.2 Å². The zero-order chi connectivity index (χ0) is 19.0. The summed E-state index contributed by atoms with van der Waals surface area (Å²) in [6.07, 6.45) is 1.34. The van der Waals surface area contributed by atoms with Gasteiger partial charge in [-0.15, -0.1) is 0 Å². The lowest BCUT2D eigenvalue weighted by molar-refractivity contribution is -0.169. The molecule has 7 heteroatoms. The van der Waals surface area contributed by atoms with Crippen LogP contribution in [0.2, 0.25) is 0 Å². The van der Waals surface area contributed by atoms with Crippen LogP contribution in [0.4, 0.5) is 5.69 Å². The summed E-state index contributed by atoms with van der Waals surface area (Å²) in [6.45, 7) is 0.647. The number of anilines is 1. The molecule has 2 heterocycles. The van der Waals surface area contributed by atoms with Gasteiger partial charge in [0.25, 0.3) is 11.8 Å². The Morgan fingerprint density at radius 3 is 2.26 bits per heavy atom. The fourth-order valence-electron chi connectivity index (χ4n) is 3.45. The Morgan fingerprint density at radius 1 is 1.04 bits per heavy atom. The molecular weight excluding hydrogens is 346 g/mol. The van der Waals surface area contributed by atoms with Crippen molar-refractivity contribution < 1.29 is 19.2 Å². The van der Waals surface area contributed by atoms with Gasteiger partial charge in [0, 0.05) is 12.2 Å². The predicted molar refractivity (Wildman–Crippen MR) is 94.6 cm³/mol. The maximum atomic E-state index is 12.7. The van der Waals surface area contributed by atoms with Gasteiger partial charge in [0.15, 0.2) is 0 Å². The van der Waals surface area contributed by atoms with Crippen molar-refractivity contribution in [2.24, 2.45) is 0 Å². The maximum absolute atomic E-state index is 12.7. The van der Waals surface area contributed by atoms with Gasteiger partial charge < -0.3 is 9.74 Å². The Hall–Kier alpha value is -3.66. The smallest absolute Gasteiger partial charge is 0.355 e. The van der Waals surface area contributed by atoms with Crippen LogP contribution in [0.15, 0.2) is 48.5 Å². The molecule has 2 aliphatic heterocycles. The number of nitriles is 1. The van der Waals surface area contributed by atoms with E-state index in [1.54, 1.807) is 36.4 Å². The van der Waals surface area contributed by atoms with E-state index in [-0.39, 0.29) is 11.1 Å². The molecule has 2 aliphatic rings. The van der Waals surface area contributed by atoms with Crippen LogP contribution < -0.4 is 4.90 Å². The molecular formula is C20H15N3O4. The predicted octanol–water partition coefficient (Wildman–Crippen LogP) is 2.28. The Bertz CT molecular complexity index is 942. The minimum Gasteiger partial charge on any atom is -0.358 e. The second-order valence-electron chi connectivity index (χ2n) is 6.37. The van der Waals surface area contributed by atoms with E-state index in [1.807, 2.05) is 4.90 Å². The van der Waals surface area contributed by atoms with Gasteiger partial charge in [0.05, 0.1) is 22.8 Å². The van der Waals surface area contributed by atoms with Crippen molar-refractivity contribution in [3.8, 4) is 6.07 Å². The minimum atomic E-state index is -0.647. The van der Waals surface area contributed by atoms with Gasteiger partial charge in [-0.25, -0.2) is 4.79 Å². The fourth-order valence-corrected chi connectivity index (χ4v) is 3.45. The van der Waals surface area contributed by atoms with Gasteiger partial charge in [0.2, 0.25) is 0 Å². The number of hydroxylamine groups is 2. The Kier molecular flexibility index (Phi) is 4.09. The van der Waals surface area contributed by atoms with Crippen LogP contribution in [0.25, 0.3) is 0 Å². The molecule has 4 rings (SSSR count). The van der Waals surface area contributed by atoms with E-state index in [2.05, 4.69) is 6.07 Å². The van der Waals surface area contributed by atoms with Crippen LogP contribution in [-0.4, -0.2) is 35.4 Å². The minimum absolute atomic E-state index is 0.227. The number of nitrogens with zero attached hydrogens (tertiary/aromatic N) is 3. The summed E-state index contributed by atoms with van der Waals surface area (Å²) in [6, 6.07) is 14.7. The number of carbonyl (C=O) groups is 3. The molecule has 0 saturated carbocycles. The molecule has 0 spiro atoms. The van der Waals surface area contributed by atoms with Gasteiger partial charge >= 0.3 is 5.97 Å². The second kappa shape index (κ2) is 6.57. The monoisotopic (exact) mass is 361 g/mol. The van der Waals surface area contributed by atoms with E-state index in [1.165, 1.54) is 12.1 Å². The second-order valence-corrected chi connectivity index (χ2v) is 6.37. The number of rotatable bonds is 3. The highest BCUT2D eigenvalue weighted by molar-refractivity contribution is 6.20. The first-order valence-corrected chi connectivity index (χ1v) is 8.56. The number of fused-ring (bicyclic) bond motifs is 1. The number of benzene rings is 2. The van der Waals surface area contributed by atoms with Gasteiger partial charge in [0.1, 0.15) is 6.04 Å². The average Bonchev–Trinajstić information content (AvgIpc) is 3.28. The van der Waals surface area contributed by atoms with Crippen LogP contribution in [0.1, 0.15) is 39.1 Å². The molecule has 0 radical (unpaired) electrons. The summed E-state index contributed by atoms with van der Waals surface area (Å²) < 4.78 is 0. The third-order valence-corrected chi connectivity index (χ3v) is 4.79. The molecule has 134 valence electrons. The van der Waals surface area contributed by atoms with Crippen molar-refractivity contribution in [1.82, 2.24) is 5.06 Å². The van der Waals surface area contributed by atoms with Crippen molar-refractivity contribution in [2.75, 3.05) is 11.4 Å². The summed E-state index contributed by atoms with van der Waals surface area (Å²) in [7, 11) is 0. The average molecular weight is 361 g/mol. The SMILES string of the molecule is N#Cc1ccc(N2CCCC2C(=O)ON2C(=O)c3ccccc3C2=O)cc1. The number of hydrogen-bond acceptors (Lipinski definition) is 6. The van der Waals surface area contributed by atoms with E-state index in [9.17, 15) is 14.4 Å². The Labute approximate surface area is 155 Å². The van der Waals surface area contributed by atoms with Gasteiger partial charge in [-0.2, -0.15) is 5.26 Å². The first-order valence-electron chi connectivity index (χ1n) is 8.56. The molecule has 27 heavy (non-hydrogen) atoms. The summed E-state index contributed by atoms with van der Waals surface area (Å²) in [5.74, 6) is -1.91. The first kappa shape index (κ1) is 16.8. The van der Waals surface area contributed by atoms with E-state index >= 15 is 0 Å². The van der Waals surface area contributed by atoms with E-state index in [0.717, 1.165) is 12.1 Å². The molecule has 1 atom stereocenters. The lowest BCUT2D eigenvalue weighted by Gasteiger charge is -2.26. The third kappa shape index (κ3) is 2.81. The standard InChI is InChI=1S/C20H15N3O4/c21-12-13-7-9-14(10-8-13)22-11-3-6-17(22)20(26)27-23-18(24)15-4-1-2-5-16(15)19(23)25/h1-2,4-5,7-10,17H,3,6,11H2. The van der Waals surface area contributed by atoms with Crippen LogP contribution in [0.5, 0.6) is 0 Å². The van der Waals surface area contributed by atoms with Gasteiger partial charge in [-0.1, -0.05) is 17.2 Å². The van der Waals surface area contributed by atoms with E-state index in [0.29, 0.717) is 23.6 Å². The summed E-state index contributed by atoms with van der Waals surface area (Å²) in [5, 5.41) is 9.45. The summed E-state index contributed by atoms with van der Waals surface area (Å²) in [5.41, 5.74) is 1.77. The summed E-state index contributed by atoms with van der Waals surface area (Å²) >= 11 is 0. The fraction of sp³-hybridized carbons (Fsp3) is 0.200. The highest BCUT2D eigenvalue weighted by Crippen LogP contribution is 2.28. The quantitative estimate of drug-likeness (QED) is 0.779. The molecule has 2 amide bonds. The molecule has 0 bridgehead atoms. The number of carbonyl (C=O) groups excluding carboxylic acids is 3. The van der Waals surface area contributed by atoms with Crippen LogP contribution in [0, 0.1) is 11.3 Å². The lowest BCUT2D eigenvalue weighted by Crippen LogP contribution is -2.42. The molecule has 1 fully saturated rings. The van der Waals surface area contributed by atoms with Crippen molar-refractivity contribution in [1.29, 1.82) is 5.26 Å². The first-order chi connectivity index (χ1) is 13.1. The van der Waals surface area contributed by atoms with Crippen LogP contribution >= 0.6 is 0 Å². The molecule has 1 unspecified atom stereocenters.